The monoisotopic (exact) mass is 454 g/mol. The standard InChI is InChI=1S/C16H20N2O6S3.Na/c1-4-24-14(23)7(15-25-5-6-26-15)10(19)17-8-11(20)18-9(13(21)22)16(2,3)27-12(8)18;/h8-9,12H,4-6H2,1-3H3,(H,17,19)(H,21,22);/q;+1/p-1/t8-,9?,12-;/m1./s1. The smallest absolute Gasteiger partial charge is 0.548 e. The van der Waals surface area contributed by atoms with Crippen LogP contribution in [-0.4, -0.2) is 69.0 Å². The molecule has 1 unspecified atom stereocenters. The summed E-state index contributed by atoms with van der Waals surface area (Å²) in [7, 11) is 0. The van der Waals surface area contributed by atoms with Crippen molar-refractivity contribution in [2.45, 2.75) is 43.0 Å². The number of carboxylic acids is 1. The number of thioether (sulfide) groups is 3. The molecule has 0 aliphatic carbocycles. The number of aliphatic carboxylic acids is 1. The molecule has 3 fully saturated rings. The van der Waals surface area contributed by atoms with Gasteiger partial charge in [0.15, 0.2) is 0 Å². The summed E-state index contributed by atoms with van der Waals surface area (Å²) in [6, 6.07) is -1.94. The summed E-state index contributed by atoms with van der Waals surface area (Å²) in [5, 5.41) is 13.5. The third-order valence-corrected chi connectivity index (χ3v) is 8.70. The van der Waals surface area contributed by atoms with Crippen LogP contribution in [0.5, 0.6) is 0 Å². The molecular weight excluding hydrogens is 435 g/mol. The normalized spacial score (nSPS) is 27.4. The van der Waals surface area contributed by atoms with E-state index >= 15 is 0 Å². The summed E-state index contributed by atoms with van der Waals surface area (Å²) in [5.41, 5.74) is -0.0886. The van der Waals surface area contributed by atoms with Gasteiger partial charge in [-0.25, -0.2) is 4.79 Å². The molecule has 8 nitrogen and oxygen atoms in total. The average molecular weight is 455 g/mol. The minimum absolute atomic E-state index is 0. The molecule has 0 aromatic heterocycles. The van der Waals surface area contributed by atoms with E-state index < -0.39 is 46.0 Å². The predicted molar refractivity (Wildman–Crippen MR) is 102 cm³/mol. The fourth-order valence-electron chi connectivity index (χ4n) is 3.27. The molecule has 28 heavy (non-hydrogen) atoms. The molecule has 0 aromatic rings. The van der Waals surface area contributed by atoms with Gasteiger partial charge in [-0.3, -0.25) is 9.59 Å². The SMILES string of the molecule is CCOC(=O)C(C(=O)N[C@@H]1C(=O)N2C(C(=O)[O-])C(C)(C)S[C@H]12)=C1SCCS1.[Na+]. The molecule has 2 amide bonds. The number of nitrogens with zero attached hydrogens (tertiary/aromatic N) is 1. The third kappa shape index (κ3) is 4.24. The zero-order chi connectivity index (χ0) is 19.9. The van der Waals surface area contributed by atoms with Crippen LogP contribution in [0.1, 0.15) is 20.8 Å². The summed E-state index contributed by atoms with van der Waals surface area (Å²) in [4.78, 5) is 50.2. The number of β-lactam (4-membered cyclic amide) rings is 1. The van der Waals surface area contributed by atoms with E-state index in [1.54, 1.807) is 20.8 Å². The van der Waals surface area contributed by atoms with Gasteiger partial charge in [-0.15, -0.1) is 35.3 Å². The fraction of sp³-hybridized carbons (Fsp3) is 0.625. The Balaban J connectivity index is 0.00000280. The van der Waals surface area contributed by atoms with Gasteiger partial charge >= 0.3 is 35.5 Å². The van der Waals surface area contributed by atoms with E-state index in [1.807, 2.05) is 0 Å². The first-order chi connectivity index (χ1) is 12.7. The van der Waals surface area contributed by atoms with E-state index in [1.165, 1.54) is 40.2 Å². The molecule has 3 heterocycles. The van der Waals surface area contributed by atoms with Crippen LogP contribution in [0.2, 0.25) is 0 Å². The van der Waals surface area contributed by atoms with Gasteiger partial charge in [0.2, 0.25) is 5.91 Å². The van der Waals surface area contributed by atoms with Crippen molar-refractivity contribution in [1.82, 2.24) is 10.2 Å². The maximum atomic E-state index is 12.8. The fourth-order valence-corrected chi connectivity index (χ4v) is 7.40. The van der Waals surface area contributed by atoms with Crippen molar-refractivity contribution >= 4 is 59.0 Å². The number of esters is 1. The molecule has 3 atom stereocenters. The summed E-state index contributed by atoms with van der Waals surface area (Å²) >= 11 is 4.11. The molecule has 0 aromatic carbocycles. The number of carboxylic acid groups (broad SMARTS) is 1. The molecule has 3 aliphatic heterocycles. The van der Waals surface area contributed by atoms with Crippen LogP contribution >= 0.6 is 35.3 Å². The van der Waals surface area contributed by atoms with E-state index in [0.29, 0.717) is 4.24 Å². The van der Waals surface area contributed by atoms with Gasteiger partial charge in [0.05, 0.1) is 22.9 Å². The van der Waals surface area contributed by atoms with Crippen molar-refractivity contribution in [2.24, 2.45) is 0 Å². The van der Waals surface area contributed by atoms with Crippen LogP contribution in [0.3, 0.4) is 0 Å². The Bertz CT molecular complexity index is 736. The zero-order valence-electron chi connectivity index (χ0n) is 16.0. The van der Waals surface area contributed by atoms with Crippen molar-refractivity contribution in [1.29, 1.82) is 0 Å². The second-order valence-electron chi connectivity index (χ2n) is 6.61. The molecule has 3 aliphatic rings. The Kier molecular flexibility index (Phi) is 7.88. The Hall–Kier alpha value is -0.330. The summed E-state index contributed by atoms with van der Waals surface area (Å²) in [6.45, 7) is 5.23. The minimum atomic E-state index is -1.32. The Morgan fingerprint density at radius 1 is 1.29 bits per heavy atom. The number of carbonyl (C=O) groups excluding carboxylic acids is 4. The molecule has 1 N–H and O–H groups in total. The summed E-state index contributed by atoms with van der Waals surface area (Å²) in [5.74, 6) is -1.62. The van der Waals surface area contributed by atoms with E-state index in [9.17, 15) is 24.3 Å². The van der Waals surface area contributed by atoms with Crippen LogP contribution in [0.25, 0.3) is 0 Å². The second kappa shape index (κ2) is 9.22. The van der Waals surface area contributed by atoms with E-state index in [4.69, 9.17) is 4.74 Å². The zero-order valence-corrected chi connectivity index (χ0v) is 20.4. The number of rotatable bonds is 5. The molecular formula is C16H19N2NaO6S3. The van der Waals surface area contributed by atoms with Gasteiger partial charge in [-0.05, 0) is 20.8 Å². The Morgan fingerprint density at radius 2 is 1.89 bits per heavy atom. The molecule has 3 saturated heterocycles. The number of hydrogen-bond acceptors (Lipinski definition) is 9. The van der Waals surface area contributed by atoms with E-state index in [-0.39, 0.29) is 41.7 Å². The third-order valence-electron chi connectivity index (χ3n) is 4.41. The minimum Gasteiger partial charge on any atom is -0.548 e. The van der Waals surface area contributed by atoms with Crippen LogP contribution in [0.15, 0.2) is 9.81 Å². The number of carbonyl (C=O) groups is 4. The van der Waals surface area contributed by atoms with E-state index in [2.05, 4.69) is 5.32 Å². The molecule has 148 valence electrons. The first kappa shape index (κ1) is 23.9. The molecule has 12 heteroatoms. The molecule has 3 rings (SSSR count). The second-order valence-corrected chi connectivity index (χ2v) is 10.8. The van der Waals surface area contributed by atoms with Gasteiger partial charge in [0.25, 0.3) is 5.91 Å². The maximum absolute atomic E-state index is 12.8. The topological polar surface area (TPSA) is 116 Å². The first-order valence-electron chi connectivity index (χ1n) is 8.37. The van der Waals surface area contributed by atoms with E-state index in [0.717, 1.165) is 11.5 Å². The van der Waals surface area contributed by atoms with Crippen LogP contribution in [0, 0.1) is 0 Å². The van der Waals surface area contributed by atoms with Crippen molar-refractivity contribution < 1.29 is 58.6 Å². The predicted octanol–water partition coefficient (Wildman–Crippen LogP) is -3.46. The summed E-state index contributed by atoms with van der Waals surface area (Å²) in [6.07, 6.45) is 0. The number of fused-ring (bicyclic) bond motifs is 1. The summed E-state index contributed by atoms with van der Waals surface area (Å²) < 4.78 is 4.84. The maximum Gasteiger partial charge on any atom is 1.00 e. The number of hydrogen-bond donors (Lipinski definition) is 1. The molecule has 0 bridgehead atoms. The van der Waals surface area contributed by atoms with Crippen molar-refractivity contribution in [3.05, 3.63) is 9.81 Å². The van der Waals surface area contributed by atoms with Crippen molar-refractivity contribution in [2.75, 3.05) is 18.1 Å². The molecule has 0 spiro atoms. The number of nitrogens with one attached hydrogen (secondary N) is 1. The van der Waals surface area contributed by atoms with Crippen molar-refractivity contribution in [3.8, 4) is 0 Å². The molecule has 0 radical (unpaired) electrons. The van der Waals surface area contributed by atoms with Crippen LogP contribution < -0.4 is 40.0 Å². The van der Waals surface area contributed by atoms with Gasteiger partial charge in [-0.1, -0.05) is 0 Å². The largest absolute Gasteiger partial charge is 1.00 e. The first-order valence-corrected chi connectivity index (χ1v) is 11.2. The van der Waals surface area contributed by atoms with Gasteiger partial charge in [0, 0.05) is 16.3 Å². The van der Waals surface area contributed by atoms with Gasteiger partial charge in [-0.2, -0.15) is 0 Å². The number of ether oxygens (including phenoxy) is 1. The van der Waals surface area contributed by atoms with Gasteiger partial charge in [0.1, 0.15) is 17.0 Å². The van der Waals surface area contributed by atoms with Crippen molar-refractivity contribution in [3.63, 3.8) is 0 Å². The van der Waals surface area contributed by atoms with Crippen LogP contribution in [-0.2, 0) is 23.9 Å². The molecule has 0 saturated carbocycles. The Morgan fingerprint density at radius 3 is 2.43 bits per heavy atom. The Labute approximate surface area is 197 Å². The van der Waals surface area contributed by atoms with Crippen LogP contribution in [0.4, 0.5) is 0 Å². The number of amides is 2. The quantitative estimate of drug-likeness (QED) is 0.113. The average Bonchev–Trinajstić information content (AvgIpc) is 3.17. The van der Waals surface area contributed by atoms with Gasteiger partial charge < -0.3 is 24.9 Å².